The van der Waals surface area contributed by atoms with Crippen molar-refractivity contribution in [2.45, 2.75) is 25.4 Å². The van der Waals surface area contributed by atoms with Gasteiger partial charge in [0.25, 0.3) is 0 Å². The summed E-state index contributed by atoms with van der Waals surface area (Å²) in [5.41, 5.74) is 6.54. The van der Waals surface area contributed by atoms with Crippen molar-refractivity contribution in [3.63, 3.8) is 0 Å². The molecule has 1 aliphatic heterocycles. The minimum atomic E-state index is -0.502. The number of halogens is 2. The Morgan fingerprint density at radius 2 is 2.35 bits per heavy atom. The van der Waals surface area contributed by atoms with Gasteiger partial charge in [-0.15, -0.1) is 0 Å². The highest BCUT2D eigenvalue weighted by atomic mass is 35.5. The maximum atomic E-state index is 13.1. The SMILES string of the molecule is CC1(CNc2cc(Cl)c(F)cc2N)CCCO1. The molecule has 5 heteroatoms. The molecule has 0 aliphatic carbocycles. The second-order valence-electron chi connectivity index (χ2n) is 4.61. The molecular weight excluding hydrogens is 243 g/mol. The molecule has 0 saturated carbocycles. The number of benzene rings is 1. The van der Waals surface area contributed by atoms with Crippen molar-refractivity contribution in [2.75, 3.05) is 24.2 Å². The standard InChI is InChI=1S/C12H16ClFN2O/c1-12(3-2-4-17-12)7-16-11-5-8(13)9(14)6-10(11)15/h5-6,16H,2-4,7,15H2,1H3. The van der Waals surface area contributed by atoms with Crippen molar-refractivity contribution >= 4 is 23.0 Å². The molecule has 17 heavy (non-hydrogen) atoms. The van der Waals surface area contributed by atoms with Crippen LogP contribution in [0.4, 0.5) is 15.8 Å². The van der Waals surface area contributed by atoms with Crippen LogP contribution < -0.4 is 11.1 Å². The highest BCUT2D eigenvalue weighted by Crippen LogP contribution is 2.29. The van der Waals surface area contributed by atoms with Crippen molar-refractivity contribution in [2.24, 2.45) is 0 Å². The Hall–Kier alpha value is -1.00. The molecule has 1 unspecified atom stereocenters. The van der Waals surface area contributed by atoms with Gasteiger partial charge in [-0.3, -0.25) is 0 Å². The van der Waals surface area contributed by atoms with E-state index in [0.717, 1.165) is 19.4 Å². The number of nitrogens with one attached hydrogen (secondary N) is 1. The van der Waals surface area contributed by atoms with Crippen LogP contribution in [0.1, 0.15) is 19.8 Å². The van der Waals surface area contributed by atoms with Crippen LogP contribution in [0.2, 0.25) is 5.02 Å². The van der Waals surface area contributed by atoms with Crippen molar-refractivity contribution in [3.8, 4) is 0 Å². The Morgan fingerprint density at radius 1 is 1.59 bits per heavy atom. The lowest BCUT2D eigenvalue weighted by Gasteiger charge is -2.24. The van der Waals surface area contributed by atoms with Gasteiger partial charge < -0.3 is 15.8 Å². The summed E-state index contributed by atoms with van der Waals surface area (Å²) in [5, 5.41) is 3.23. The van der Waals surface area contributed by atoms with Crippen LogP contribution in [0.5, 0.6) is 0 Å². The van der Waals surface area contributed by atoms with Crippen LogP contribution in [0.3, 0.4) is 0 Å². The summed E-state index contributed by atoms with van der Waals surface area (Å²) in [6, 6.07) is 2.73. The summed E-state index contributed by atoms with van der Waals surface area (Å²) >= 11 is 5.71. The Balaban J connectivity index is 2.06. The van der Waals surface area contributed by atoms with E-state index in [1.54, 1.807) is 0 Å². The van der Waals surface area contributed by atoms with E-state index in [1.807, 2.05) is 6.92 Å². The topological polar surface area (TPSA) is 47.3 Å². The first-order valence-corrected chi connectivity index (χ1v) is 6.00. The fourth-order valence-electron chi connectivity index (χ4n) is 1.97. The fraction of sp³-hybridized carbons (Fsp3) is 0.500. The number of rotatable bonds is 3. The molecule has 0 spiro atoms. The summed E-state index contributed by atoms with van der Waals surface area (Å²) in [6.45, 7) is 3.48. The smallest absolute Gasteiger partial charge is 0.143 e. The largest absolute Gasteiger partial charge is 0.397 e. The molecule has 0 bridgehead atoms. The fourth-order valence-corrected chi connectivity index (χ4v) is 2.14. The van der Waals surface area contributed by atoms with Gasteiger partial charge >= 0.3 is 0 Å². The van der Waals surface area contributed by atoms with Gasteiger partial charge in [0.15, 0.2) is 0 Å². The quantitative estimate of drug-likeness (QED) is 0.820. The summed E-state index contributed by atoms with van der Waals surface area (Å²) < 4.78 is 18.8. The molecule has 1 aromatic carbocycles. The number of ether oxygens (including phenoxy) is 1. The molecular formula is C12H16ClFN2O. The van der Waals surface area contributed by atoms with E-state index >= 15 is 0 Å². The normalized spacial score (nSPS) is 23.9. The van der Waals surface area contributed by atoms with Crippen LogP contribution in [-0.2, 0) is 4.74 Å². The second-order valence-corrected chi connectivity index (χ2v) is 5.02. The van der Waals surface area contributed by atoms with Gasteiger partial charge in [-0.25, -0.2) is 4.39 Å². The molecule has 1 atom stereocenters. The van der Waals surface area contributed by atoms with Crippen molar-refractivity contribution in [1.82, 2.24) is 0 Å². The van der Waals surface area contributed by atoms with Crippen LogP contribution >= 0.6 is 11.6 Å². The first-order chi connectivity index (χ1) is 8.00. The Kier molecular flexibility index (Phi) is 3.45. The lowest BCUT2D eigenvalue weighted by Crippen LogP contribution is -2.32. The zero-order valence-corrected chi connectivity index (χ0v) is 10.5. The zero-order chi connectivity index (χ0) is 12.5. The molecule has 0 amide bonds. The molecule has 0 radical (unpaired) electrons. The van der Waals surface area contributed by atoms with Crippen LogP contribution in [0, 0.1) is 5.82 Å². The molecule has 1 fully saturated rings. The summed E-state index contributed by atoms with van der Waals surface area (Å²) in [5.74, 6) is -0.502. The van der Waals surface area contributed by atoms with E-state index in [-0.39, 0.29) is 10.6 Å². The van der Waals surface area contributed by atoms with E-state index in [1.165, 1.54) is 12.1 Å². The van der Waals surface area contributed by atoms with Crippen molar-refractivity contribution in [1.29, 1.82) is 0 Å². The van der Waals surface area contributed by atoms with Gasteiger partial charge in [-0.1, -0.05) is 11.6 Å². The summed E-state index contributed by atoms with van der Waals surface area (Å²) in [6.07, 6.45) is 2.08. The Bertz CT molecular complexity index is 419. The lowest BCUT2D eigenvalue weighted by molar-refractivity contribution is 0.0315. The molecule has 1 aromatic rings. The number of nitrogen functional groups attached to an aromatic ring is 1. The van der Waals surface area contributed by atoms with Crippen LogP contribution in [0.15, 0.2) is 12.1 Å². The predicted octanol–water partition coefficient (Wildman–Crippen LogP) is 3.04. The van der Waals surface area contributed by atoms with Crippen LogP contribution in [0.25, 0.3) is 0 Å². The Morgan fingerprint density at radius 3 is 3.00 bits per heavy atom. The van der Waals surface area contributed by atoms with E-state index in [2.05, 4.69) is 5.32 Å². The van der Waals surface area contributed by atoms with Gasteiger partial charge in [0.2, 0.25) is 0 Å². The Labute approximate surface area is 105 Å². The molecule has 2 rings (SSSR count). The minimum absolute atomic E-state index is 0.0687. The zero-order valence-electron chi connectivity index (χ0n) is 9.72. The van der Waals surface area contributed by atoms with E-state index in [9.17, 15) is 4.39 Å². The van der Waals surface area contributed by atoms with Crippen molar-refractivity contribution < 1.29 is 9.13 Å². The maximum Gasteiger partial charge on any atom is 0.143 e. The molecule has 1 heterocycles. The number of anilines is 2. The van der Waals surface area contributed by atoms with E-state index < -0.39 is 5.82 Å². The third-order valence-corrected chi connectivity index (χ3v) is 3.34. The molecule has 3 N–H and O–H groups in total. The molecule has 94 valence electrons. The first-order valence-electron chi connectivity index (χ1n) is 5.62. The minimum Gasteiger partial charge on any atom is -0.397 e. The maximum absolute atomic E-state index is 13.1. The van der Waals surface area contributed by atoms with Gasteiger partial charge in [0.1, 0.15) is 5.82 Å². The number of hydrogen-bond acceptors (Lipinski definition) is 3. The molecule has 1 saturated heterocycles. The highest BCUT2D eigenvalue weighted by Gasteiger charge is 2.29. The van der Waals surface area contributed by atoms with Gasteiger partial charge in [-0.05, 0) is 25.8 Å². The molecule has 1 aliphatic rings. The lowest BCUT2D eigenvalue weighted by atomic mass is 10.0. The monoisotopic (exact) mass is 258 g/mol. The highest BCUT2D eigenvalue weighted by molar-refractivity contribution is 6.31. The molecule has 0 aromatic heterocycles. The van der Waals surface area contributed by atoms with Gasteiger partial charge in [0.05, 0.1) is 22.0 Å². The average Bonchev–Trinajstić information content (AvgIpc) is 2.69. The van der Waals surface area contributed by atoms with E-state index in [0.29, 0.717) is 17.9 Å². The van der Waals surface area contributed by atoms with Gasteiger partial charge in [-0.2, -0.15) is 0 Å². The van der Waals surface area contributed by atoms with Gasteiger partial charge in [0, 0.05) is 19.2 Å². The molecule has 3 nitrogen and oxygen atoms in total. The first kappa shape index (κ1) is 12.5. The average molecular weight is 259 g/mol. The number of hydrogen-bond donors (Lipinski definition) is 2. The number of nitrogens with two attached hydrogens (primary N) is 1. The van der Waals surface area contributed by atoms with Crippen molar-refractivity contribution in [3.05, 3.63) is 23.0 Å². The third-order valence-electron chi connectivity index (χ3n) is 3.05. The third kappa shape index (κ3) is 2.82. The summed E-state index contributed by atoms with van der Waals surface area (Å²) in [7, 11) is 0. The van der Waals surface area contributed by atoms with Crippen LogP contribution in [-0.4, -0.2) is 18.8 Å². The van der Waals surface area contributed by atoms with E-state index in [4.69, 9.17) is 22.1 Å². The summed E-state index contributed by atoms with van der Waals surface area (Å²) in [4.78, 5) is 0. The predicted molar refractivity (Wildman–Crippen MR) is 67.9 cm³/mol. The second kappa shape index (κ2) is 4.70.